The molecule has 17 heavy (non-hydrogen) atoms. The van der Waals surface area contributed by atoms with Crippen LogP contribution in [0.5, 0.6) is 5.88 Å². The maximum atomic E-state index is 11.2. The minimum absolute atomic E-state index is 0.185. The molecular weight excluding hydrogens is 228 g/mol. The van der Waals surface area contributed by atoms with Gasteiger partial charge < -0.3 is 9.84 Å². The lowest BCUT2D eigenvalue weighted by molar-refractivity contribution is 0.174. The number of amides is 2. The molecule has 0 spiro atoms. The zero-order valence-corrected chi connectivity index (χ0v) is 8.45. The van der Waals surface area contributed by atoms with Crippen LogP contribution in [0, 0.1) is 0 Å². The first-order chi connectivity index (χ1) is 8.16. The predicted octanol–water partition coefficient (Wildman–Crippen LogP) is 0.605. The van der Waals surface area contributed by atoms with Crippen LogP contribution >= 0.6 is 0 Å². The van der Waals surface area contributed by atoms with Crippen molar-refractivity contribution in [3.05, 3.63) is 30.6 Å². The summed E-state index contributed by atoms with van der Waals surface area (Å²) in [7, 11) is 0. The van der Waals surface area contributed by atoms with E-state index >= 15 is 0 Å². The fourth-order valence-electron chi connectivity index (χ4n) is 1.21. The first kappa shape index (κ1) is 10.7. The van der Waals surface area contributed by atoms with Gasteiger partial charge in [0.05, 0.1) is 6.20 Å². The van der Waals surface area contributed by atoms with Gasteiger partial charge in [-0.2, -0.15) is 0 Å². The summed E-state index contributed by atoms with van der Waals surface area (Å²) in [6.45, 7) is 0. The Morgan fingerprint density at radius 1 is 1.35 bits per heavy atom. The highest BCUT2D eigenvalue weighted by atomic mass is 16.6. The molecule has 3 N–H and O–H groups in total. The lowest BCUT2D eigenvalue weighted by Gasteiger charge is -2.04. The Hall–Kier alpha value is -2.77. The molecule has 8 heteroatoms. The third kappa shape index (κ3) is 2.43. The third-order valence-corrected chi connectivity index (χ3v) is 1.85. The zero-order valence-electron chi connectivity index (χ0n) is 8.45. The molecule has 2 aromatic heterocycles. The third-order valence-electron chi connectivity index (χ3n) is 1.85. The minimum Gasteiger partial charge on any atom is -0.464 e. The van der Waals surface area contributed by atoms with E-state index in [0.29, 0.717) is 5.65 Å². The van der Waals surface area contributed by atoms with Crippen LogP contribution < -0.4 is 15.6 Å². The SMILES string of the molecule is O=C(O)NNC(=O)Oc1cnc2ccccn12. The topological polar surface area (TPSA) is 105 Å². The number of carboxylic acid groups (broad SMARTS) is 1. The van der Waals surface area contributed by atoms with Crippen molar-refractivity contribution >= 4 is 17.8 Å². The number of hydrogen-bond donors (Lipinski definition) is 3. The molecule has 8 nitrogen and oxygen atoms in total. The van der Waals surface area contributed by atoms with E-state index in [1.807, 2.05) is 5.43 Å². The molecule has 0 saturated carbocycles. The van der Waals surface area contributed by atoms with E-state index < -0.39 is 12.2 Å². The van der Waals surface area contributed by atoms with Crippen molar-refractivity contribution in [2.24, 2.45) is 0 Å². The molecule has 0 bridgehead atoms. The number of fused-ring (bicyclic) bond motifs is 1. The van der Waals surface area contributed by atoms with E-state index in [0.717, 1.165) is 0 Å². The number of carbonyl (C=O) groups excluding carboxylic acids is 1. The summed E-state index contributed by atoms with van der Waals surface area (Å²) in [4.78, 5) is 25.3. The largest absolute Gasteiger partial charge is 0.464 e. The molecule has 0 saturated heterocycles. The molecule has 2 heterocycles. The first-order valence-corrected chi connectivity index (χ1v) is 4.55. The number of carbonyl (C=O) groups is 2. The highest BCUT2D eigenvalue weighted by Gasteiger charge is 2.09. The van der Waals surface area contributed by atoms with E-state index in [2.05, 4.69) is 4.98 Å². The molecule has 2 aromatic rings. The van der Waals surface area contributed by atoms with Gasteiger partial charge in [-0.05, 0) is 12.1 Å². The van der Waals surface area contributed by atoms with E-state index in [1.165, 1.54) is 6.20 Å². The summed E-state index contributed by atoms with van der Waals surface area (Å²) < 4.78 is 6.38. The molecule has 0 aliphatic rings. The Kier molecular flexibility index (Phi) is 2.77. The van der Waals surface area contributed by atoms with Gasteiger partial charge in [0, 0.05) is 6.20 Å². The van der Waals surface area contributed by atoms with Gasteiger partial charge in [0.1, 0.15) is 5.65 Å². The smallest absolute Gasteiger partial charge is 0.432 e. The van der Waals surface area contributed by atoms with Crippen molar-refractivity contribution in [2.45, 2.75) is 0 Å². The van der Waals surface area contributed by atoms with Crippen molar-refractivity contribution in [3.63, 3.8) is 0 Å². The Labute approximate surface area is 94.8 Å². The number of nitrogens with one attached hydrogen (secondary N) is 2. The van der Waals surface area contributed by atoms with Gasteiger partial charge in [-0.3, -0.25) is 4.40 Å². The standard InChI is InChI=1S/C9H8N4O4/c14-8(15)11-12-9(16)17-7-5-10-6-3-1-2-4-13(6)7/h1-5,11H,(H,12,16)(H,14,15). The lowest BCUT2D eigenvalue weighted by atomic mass is 10.5. The summed E-state index contributed by atoms with van der Waals surface area (Å²) in [5.41, 5.74) is 4.11. The van der Waals surface area contributed by atoms with E-state index in [4.69, 9.17) is 9.84 Å². The van der Waals surface area contributed by atoms with Crippen LogP contribution in [-0.2, 0) is 0 Å². The number of nitrogens with zero attached hydrogens (tertiary/aromatic N) is 2. The summed E-state index contributed by atoms with van der Waals surface area (Å²) in [5, 5.41) is 8.26. The van der Waals surface area contributed by atoms with Crippen molar-refractivity contribution < 1.29 is 19.4 Å². The second-order valence-corrected chi connectivity index (χ2v) is 2.97. The van der Waals surface area contributed by atoms with Crippen LogP contribution in [0.2, 0.25) is 0 Å². The molecule has 2 rings (SSSR count). The Morgan fingerprint density at radius 3 is 2.94 bits per heavy atom. The van der Waals surface area contributed by atoms with Crippen LogP contribution in [0.15, 0.2) is 30.6 Å². The number of imidazole rings is 1. The summed E-state index contributed by atoms with van der Waals surface area (Å²) in [6, 6.07) is 5.27. The normalized spacial score (nSPS) is 9.88. The van der Waals surface area contributed by atoms with E-state index in [-0.39, 0.29) is 5.88 Å². The van der Waals surface area contributed by atoms with Gasteiger partial charge in [0.15, 0.2) is 0 Å². The molecule has 0 atom stereocenters. The minimum atomic E-state index is -1.39. The van der Waals surface area contributed by atoms with E-state index in [9.17, 15) is 9.59 Å². The van der Waals surface area contributed by atoms with Gasteiger partial charge in [-0.15, -0.1) is 0 Å². The average Bonchev–Trinajstić information content (AvgIpc) is 2.70. The Balaban J connectivity index is 2.08. The second kappa shape index (κ2) is 4.39. The van der Waals surface area contributed by atoms with Gasteiger partial charge in [0.2, 0.25) is 5.88 Å². The summed E-state index contributed by atoms with van der Waals surface area (Å²) in [5.74, 6) is 0.185. The summed E-state index contributed by atoms with van der Waals surface area (Å²) in [6.07, 6.45) is 0.684. The molecule has 2 amide bonds. The lowest BCUT2D eigenvalue weighted by Crippen LogP contribution is -2.42. The average molecular weight is 236 g/mol. The quantitative estimate of drug-likeness (QED) is 0.629. The first-order valence-electron chi connectivity index (χ1n) is 4.55. The van der Waals surface area contributed by atoms with Gasteiger partial charge >= 0.3 is 12.2 Å². The van der Waals surface area contributed by atoms with E-state index in [1.54, 1.807) is 34.2 Å². The number of rotatable bonds is 1. The second-order valence-electron chi connectivity index (χ2n) is 2.97. The highest BCUT2D eigenvalue weighted by molar-refractivity contribution is 5.74. The van der Waals surface area contributed by atoms with Gasteiger partial charge in [-0.1, -0.05) is 6.07 Å². The number of aromatic nitrogens is 2. The van der Waals surface area contributed by atoms with Crippen LogP contribution in [-0.4, -0.2) is 26.7 Å². The molecule has 0 aliphatic carbocycles. The molecule has 0 aliphatic heterocycles. The fraction of sp³-hybridized carbons (Fsp3) is 0. The molecule has 88 valence electrons. The van der Waals surface area contributed by atoms with Crippen molar-refractivity contribution in [1.29, 1.82) is 0 Å². The van der Waals surface area contributed by atoms with Gasteiger partial charge in [0.25, 0.3) is 0 Å². The summed E-state index contributed by atoms with van der Waals surface area (Å²) >= 11 is 0. The van der Waals surface area contributed by atoms with Crippen LogP contribution in [0.25, 0.3) is 5.65 Å². The Morgan fingerprint density at radius 2 is 2.18 bits per heavy atom. The zero-order chi connectivity index (χ0) is 12.3. The molecular formula is C9H8N4O4. The Bertz CT molecular complexity index is 565. The highest BCUT2D eigenvalue weighted by Crippen LogP contribution is 2.13. The van der Waals surface area contributed by atoms with Crippen molar-refractivity contribution in [3.8, 4) is 5.88 Å². The van der Waals surface area contributed by atoms with Gasteiger partial charge in [-0.25, -0.2) is 25.4 Å². The molecule has 0 unspecified atom stereocenters. The molecule has 0 radical (unpaired) electrons. The number of hydrazine groups is 1. The monoisotopic (exact) mass is 236 g/mol. The maximum absolute atomic E-state index is 11.2. The number of hydrogen-bond acceptors (Lipinski definition) is 4. The number of pyridine rings is 1. The number of ether oxygens (including phenoxy) is 1. The molecule has 0 aromatic carbocycles. The fourth-order valence-corrected chi connectivity index (χ4v) is 1.21. The predicted molar refractivity (Wildman–Crippen MR) is 55.5 cm³/mol. The molecule has 0 fully saturated rings. The van der Waals surface area contributed by atoms with Crippen LogP contribution in [0.1, 0.15) is 0 Å². The maximum Gasteiger partial charge on any atom is 0.432 e. The van der Waals surface area contributed by atoms with Crippen molar-refractivity contribution in [2.75, 3.05) is 0 Å². The van der Waals surface area contributed by atoms with Crippen molar-refractivity contribution in [1.82, 2.24) is 20.2 Å². The van der Waals surface area contributed by atoms with Crippen LogP contribution in [0.3, 0.4) is 0 Å². The van der Waals surface area contributed by atoms with Crippen LogP contribution in [0.4, 0.5) is 9.59 Å².